The summed E-state index contributed by atoms with van der Waals surface area (Å²) < 4.78 is 0. The van der Waals surface area contributed by atoms with Gasteiger partial charge in [0.15, 0.2) is 0 Å². The molecule has 0 radical (unpaired) electrons. The SMILES string of the molecule is Cc1cc2c(cc1N(c1cc(Cl)cc(C(C)(C)C)c1)c1ccc3c(c1)C(C)(C)CCC3(C)C)C(C)(C)CCC2(C)C. The van der Waals surface area contributed by atoms with Gasteiger partial charge in [0.25, 0.3) is 0 Å². The average molecular weight is 570 g/mol. The minimum absolute atomic E-state index is 0.00982. The first kappa shape index (κ1) is 30.2. The van der Waals surface area contributed by atoms with Gasteiger partial charge in [0.1, 0.15) is 0 Å². The maximum absolute atomic E-state index is 6.88. The van der Waals surface area contributed by atoms with Crippen molar-refractivity contribution in [2.45, 2.75) is 136 Å². The summed E-state index contributed by atoms with van der Waals surface area (Å²) in [5.74, 6) is 0. The van der Waals surface area contributed by atoms with Gasteiger partial charge in [-0.1, -0.05) is 99.9 Å². The van der Waals surface area contributed by atoms with E-state index >= 15 is 0 Å². The molecule has 2 heteroatoms. The summed E-state index contributed by atoms with van der Waals surface area (Å²) in [6.07, 6.45) is 4.83. The largest absolute Gasteiger partial charge is 0.310 e. The second-order valence-electron chi connectivity index (χ2n) is 16.7. The van der Waals surface area contributed by atoms with E-state index in [1.807, 2.05) is 0 Å². The first-order chi connectivity index (χ1) is 18.7. The molecule has 0 aliphatic heterocycles. The Morgan fingerprint density at radius 3 is 1.61 bits per heavy atom. The molecule has 0 aromatic heterocycles. The van der Waals surface area contributed by atoms with Crippen LogP contribution in [0.15, 0.2) is 48.5 Å². The summed E-state index contributed by atoms with van der Waals surface area (Å²) in [4.78, 5) is 2.49. The van der Waals surface area contributed by atoms with Crippen molar-refractivity contribution in [1.82, 2.24) is 0 Å². The van der Waals surface area contributed by atoms with Crippen molar-refractivity contribution in [1.29, 1.82) is 0 Å². The highest BCUT2D eigenvalue weighted by molar-refractivity contribution is 6.31. The van der Waals surface area contributed by atoms with Gasteiger partial charge in [0, 0.05) is 22.1 Å². The number of fused-ring (bicyclic) bond motifs is 2. The molecule has 1 nitrogen and oxygen atoms in total. The van der Waals surface area contributed by atoms with E-state index in [-0.39, 0.29) is 27.1 Å². The normalized spacial score (nSPS) is 20.2. The molecule has 3 aromatic rings. The molecule has 0 atom stereocenters. The van der Waals surface area contributed by atoms with Crippen LogP contribution in [0, 0.1) is 6.92 Å². The lowest BCUT2D eigenvalue weighted by Crippen LogP contribution is -2.34. The van der Waals surface area contributed by atoms with E-state index in [4.69, 9.17) is 11.6 Å². The molecule has 41 heavy (non-hydrogen) atoms. The lowest BCUT2D eigenvalue weighted by Gasteiger charge is -2.44. The molecule has 2 aliphatic carbocycles. The zero-order valence-electron chi connectivity index (χ0n) is 27.8. The Hall–Kier alpha value is -2.25. The molecule has 0 bridgehead atoms. The molecule has 0 unspecified atom stereocenters. The van der Waals surface area contributed by atoms with Crippen LogP contribution < -0.4 is 4.90 Å². The van der Waals surface area contributed by atoms with E-state index in [0.717, 1.165) is 10.7 Å². The lowest BCUT2D eigenvalue weighted by molar-refractivity contribution is 0.331. The smallest absolute Gasteiger partial charge is 0.0493 e. The van der Waals surface area contributed by atoms with Crippen molar-refractivity contribution in [3.8, 4) is 0 Å². The zero-order chi connectivity index (χ0) is 30.3. The van der Waals surface area contributed by atoms with Gasteiger partial charge in [-0.25, -0.2) is 0 Å². The summed E-state index contributed by atoms with van der Waals surface area (Å²) in [6, 6.07) is 18.9. The van der Waals surface area contributed by atoms with Crippen LogP contribution in [0.5, 0.6) is 0 Å². The van der Waals surface area contributed by atoms with Crippen LogP contribution in [-0.2, 0) is 27.1 Å². The average Bonchev–Trinajstić information content (AvgIpc) is 2.85. The molecule has 0 amide bonds. The van der Waals surface area contributed by atoms with E-state index < -0.39 is 0 Å². The van der Waals surface area contributed by atoms with Crippen molar-refractivity contribution < 1.29 is 0 Å². The van der Waals surface area contributed by atoms with E-state index in [1.165, 1.54) is 70.4 Å². The molecule has 0 fully saturated rings. The van der Waals surface area contributed by atoms with E-state index in [1.54, 1.807) is 0 Å². The van der Waals surface area contributed by atoms with Gasteiger partial charge in [0.2, 0.25) is 0 Å². The van der Waals surface area contributed by atoms with Crippen molar-refractivity contribution >= 4 is 28.7 Å². The zero-order valence-corrected chi connectivity index (χ0v) is 28.5. The molecule has 0 spiro atoms. The van der Waals surface area contributed by atoms with Crippen molar-refractivity contribution in [2.24, 2.45) is 0 Å². The molecular weight excluding hydrogens is 518 g/mol. The minimum atomic E-state index is -0.00982. The fourth-order valence-corrected chi connectivity index (χ4v) is 7.46. The van der Waals surface area contributed by atoms with Crippen LogP contribution in [0.1, 0.15) is 135 Å². The highest BCUT2D eigenvalue weighted by atomic mass is 35.5. The summed E-state index contributed by atoms with van der Waals surface area (Å²) in [5.41, 5.74) is 12.7. The van der Waals surface area contributed by atoms with Crippen LogP contribution in [0.25, 0.3) is 0 Å². The van der Waals surface area contributed by atoms with Gasteiger partial charge in [0.05, 0.1) is 0 Å². The lowest BCUT2D eigenvalue weighted by atomic mass is 9.62. The van der Waals surface area contributed by atoms with Crippen LogP contribution in [0.2, 0.25) is 5.02 Å². The predicted molar refractivity (Wildman–Crippen MR) is 180 cm³/mol. The Morgan fingerprint density at radius 1 is 0.585 bits per heavy atom. The number of hydrogen-bond donors (Lipinski definition) is 0. The first-order valence-electron chi connectivity index (χ1n) is 15.6. The summed E-state index contributed by atoms with van der Waals surface area (Å²) in [7, 11) is 0. The number of halogens is 1. The van der Waals surface area contributed by atoms with Gasteiger partial charge >= 0.3 is 0 Å². The Kier molecular flexibility index (Phi) is 7.10. The number of nitrogens with zero attached hydrogens (tertiary/aromatic N) is 1. The van der Waals surface area contributed by atoms with Crippen molar-refractivity contribution in [2.75, 3.05) is 4.90 Å². The fraction of sp³-hybridized carbons (Fsp3) is 0.538. The Morgan fingerprint density at radius 2 is 1.07 bits per heavy atom. The van der Waals surface area contributed by atoms with Crippen LogP contribution in [0.4, 0.5) is 17.1 Å². The Bertz CT molecular complexity index is 1490. The van der Waals surface area contributed by atoms with E-state index in [0.29, 0.717) is 0 Å². The maximum atomic E-state index is 6.88. The molecule has 0 N–H and O–H groups in total. The monoisotopic (exact) mass is 569 g/mol. The van der Waals surface area contributed by atoms with Gasteiger partial charge in [-0.3, -0.25) is 0 Å². The summed E-state index contributed by atoms with van der Waals surface area (Å²) in [5, 5.41) is 0.786. The highest BCUT2D eigenvalue weighted by Gasteiger charge is 2.39. The van der Waals surface area contributed by atoms with E-state index in [9.17, 15) is 0 Å². The standard InChI is InChI=1S/C39H52ClN/c1-25-19-31-33(39(11,12)18-17-37(31,7)8)24-34(25)41(29-21-26(35(2,3)4)20-27(40)22-29)28-13-14-30-32(23-28)38(9,10)16-15-36(30,5)6/h13-14,19-24H,15-18H2,1-12H3. The molecule has 2 aliphatic rings. The summed E-state index contributed by atoms with van der Waals surface area (Å²) >= 11 is 6.88. The van der Waals surface area contributed by atoms with Crippen molar-refractivity contribution in [3.05, 3.63) is 86.9 Å². The molecule has 220 valence electrons. The minimum Gasteiger partial charge on any atom is -0.310 e. The third kappa shape index (κ3) is 5.37. The molecule has 0 heterocycles. The van der Waals surface area contributed by atoms with Gasteiger partial charge in [-0.2, -0.15) is 0 Å². The van der Waals surface area contributed by atoms with Crippen LogP contribution in [0.3, 0.4) is 0 Å². The Labute approximate surface area is 255 Å². The molecular formula is C39H52ClN. The van der Waals surface area contributed by atoms with Crippen molar-refractivity contribution in [3.63, 3.8) is 0 Å². The number of rotatable bonds is 3. The van der Waals surface area contributed by atoms with Crippen LogP contribution in [-0.4, -0.2) is 0 Å². The number of anilines is 3. The van der Waals surface area contributed by atoms with Gasteiger partial charge in [-0.15, -0.1) is 0 Å². The van der Waals surface area contributed by atoms with Crippen LogP contribution >= 0.6 is 11.6 Å². The van der Waals surface area contributed by atoms with Gasteiger partial charge < -0.3 is 4.90 Å². The highest BCUT2D eigenvalue weighted by Crippen LogP contribution is 2.51. The topological polar surface area (TPSA) is 3.24 Å². The molecule has 3 aromatic carbocycles. The summed E-state index contributed by atoms with van der Waals surface area (Å²) in [6.45, 7) is 28.4. The first-order valence-corrected chi connectivity index (χ1v) is 16.0. The second-order valence-corrected chi connectivity index (χ2v) is 17.2. The number of aryl methyl sites for hydroxylation is 1. The second kappa shape index (κ2) is 9.63. The predicted octanol–water partition coefficient (Wildman–Crippen LogP) is 12.1. The maximum Gasteiger partial charge on any atom is 0.0493 e. The quantitative estimate of drug-likeness (QED) is 0.303. The fourth-order valence-electron chi connectivity index (χ4n) is 7.23. The third-order valence-corrected chi connectivity index (χ3v) is 10.7. The van der Waals surface area contributed by atoms with E-state index in [2.05, 4.69) is 137 Å². The molecule has 5 rings (SSSR count). The number of hydrogen-bond acceptors (Lipinski definition) is 1. The third-order valence-electron chi connectivity index (χ3n) is 10.5. The Balaban J connectivity index is 1.82. The van der Waals surface area contributed by atoms with Gasteiger partial charge in [-0.05, 0) is 129 Å². The number of benzene rings is 3. The molecule has 0 saturated carbocycles. The molecule has 0 saturated heterocycles.